The van der Waals surface area contributed by atoms with Crippen LogP contribution in [-0.4, -0.2) is 40.0 Å². The van der Waals surface area contributed by atoms with E-state index in [-0.39, 0.29) is 12.8 Å². The number of aliphatic hydroxyl groups is 1. The zero-order valence-electron chi connectivity index (χ0n) is 13.8. The van der Waals surface area contributed by atoms with Gasteiger partial charge < -0.3 is 20.3 Å². The Morgan fingerprint density at radius 3 is 2.35 bits per heavy atom. The van der Waals surface area contributed by atoms with Gasteiger partial charge in [0.25, 0.3) is 0 Å². The van der Waals surface area contributed by atoms with Crippen LogP contribution in [0.15, 0.2) is 30.3 Å². The van der Waals surface area contributed by atoms with E-state index in [0.29, 0.717) is 6.42 Å². The number of carbonyl (C=O) groups is 2. The highest BCUT2D eigenvalue weighted by Crippen LogP contribution is 2.12. The first-order chi connectivity index (χ1) is 10.7. The van der Waals surface area contributed by atoms with Gasteiger partial charge in [0.1, 0.15) is 5.60 Å². The Labute approximate surface area is 136 Å². The van der Waals surface area contributed by atoms with E-state index in [1.807, 2.05) is 30.3 Å². The monoisotopic (exact) mass is 323 g/mol. The predicted molar refractivity (Wildman–Crippen MR) is 86.2 cm³/mol. The molecule has 0 heterocycles. The van der Waals surface area contributed by atoms with Crippen LogP contribution < -0.4 is 5.32 Å². The fraction of sp³-hybridized carbons (Fsp3) is 0.529. The van der Waals surface area contributed by atoms with E-state index in [1.165, 1.54) is 0 Å². The maximum atomic E-state index is 11.9. The van der Waals surface area contributed by atoms with Crippen molar-refractivity contribution < 1.29 is 24.5 Å². The lowest BCUT2D eigenvalue weighted by atomic mass is 9.98. The molecule has 0 aliphatic heterocycles. The molecule has 2 atom stereocenters. The van der Waals surface area contributed by atoms with Gasteiger partial charge in [0.2, 0.25) is 0 Å². The van der Waals surface area contributed by atoms with E-state index < -0.39 is 29.8 Å². The lowest BCUT2D eigenvalue weighted by Crippen LogP contribution is -2.46. The second-order valence-corrected chi connectivity index (χ2v) is 6.44. The van der Waals surface area contributed by atoms with Gasteiger partial charge in [0, 0.05) is 6.42 Å². The summed E-state index contributed by atoms with van der Waals surface area (Å²) in [6.45, 7) is 5.25. The summed E-state index contributed by atoms with van der Waals surface area (Å²) < 4.78 is 5.20. The lowest BCUT2D eigenvalue weighted by Gasteiger charge is -2.26. The van der Waals surface area contributed by atoms with Gasteiger partial charge in [-0.1, -0.05) is 30.3 Å². The average molecular weight is 323 g/mol. The van der Waals surface area contributed by atoms with Crippen molar-refractivity contribution in [3.8, 4) is 0 Å². The first-order valence-electron chi connectivity index (χ1n) is 7.60. The molecule has 0 saturated heterocycles. The van der Waals surface area contributed by atoms with E-state index >= 15 is 0 Å². The van der Waals surface area contributed by atoms with Crippen LogP contribution in [0.3, 0.4) is 0 Å². The summed E-state index contributed by atoms with van der Waals surface area (Å²) in [5.41, 5.74) is 0.288. The number of aliphatic hydroxyl groups excluding tert-OH is 1. The summed E-state index contributed by atoms with van der Waals surface area (Å²) >= 11 is 0. The Balaban J connectivity index is 2.74. The number of hydrogen-bond acceptors (Lipinski definition) is 4. The molecular weight excluding hydrogens is 298 g/mol. The summed E-state index contributed by atoms with van der Waals surface area (Å²) in [5.74, 6) is -0.986. The molecule has 0 aliphatic carbocycles. The van der Waals surface area contributed by atoms with Crippen molar-refractivity contribution in [1.29, 1.82) is 0 Å². The van der Waals surface area contributed by atoms with Crippen molar-refractivity contribution in [2.24, 2.45) is 0 Å². The molecule has 6 heteroatoms. The number of ether oxygens (including phenoxy) is 1. The summed E-state index contributed by atoms with van der Waals surface area (Å²) in [6, 6.07) is 8.75. The SMILES string of the molecule is CC(C)(C)OC(=O)N[C@@H](Cc1ccccc1)C(O)CCC(=O)O. The molecule has 0 aliphatic rings. The number of carboxylic acid groups (broad SMARTS) is 1. The third-order valence-electron chi connectivity index (χ3n) is 3.12. The minimum atomic E-state index is -0.986. The molecule has 1 aromatic rings. The molecule has 128 valence electrons. The van der Waals surface area contributed by atoms with Crippen molar-refractivity contribution in [3.63, 3.8) is 0 Å². The van der Waals surface area contributed by atoms with Crippen LogP contribution in [0, 0.1) is 0 Å². The average Bonchev–Trinajstić information content (AvgIpc) is 2.43. The number of carboxylic acids is 1. The topological polar surface area (TPSA) is 95.9 Å². The normalized spacial score (nSPS) is 13.9. The van der Waals surface area contributed by atoms with Crippen LogP contribution in [-0.2, 0) is 16.0 Å². The van der Waals surface area contributed by atoms with E-state index in [1.54, 1.807) is 20.8 Å². The second-order valence-electron chi connectivity index (χ2n) is 6.44. The Morgan fingerprint density at radius 1 is 1.22 bits per heavy atom. The molecule has 0 fully saturated rings. The molecule has 6 nitrogen and oxygen atoms in total. The van der Waals surface area contributed by atoms with Crippen LogP contribution >= 0.6 is 0 Å². The number of nitrogens with one attached hydrogen (secondary N) is 1. The molecule has 1 amide bonds. The quantitative estimate of drug-likeness (QED) is 0.716. The zero-order chi connectivity index (χ0) is 17.5. The smallest absolute Gasteiger partial charge is 0.407 e. The van der Waals surface area contributed by atoms with Crippen LogP contribution in [0.25, 0.3) is 0 Å². The molecule has 23 heavy (non-hydrogen) atoms. The standard InChI is InChI=1S/C17H25NO5/c1-17(2,3)23-16(22)18-13(14(19)9-10-15(20)21)11-12-7-5-4-6-8-12/h4-8,13-14,19H,9-11H2,1-3H3,(H,18,22)(H,20,21)/t13-,14?/m0/s1. The number of hydrogen-bond donors (Lipinski definition) is 3. The Morgan fingerprint density at radius 2 is 1.83 bits per heavy atom. The van der Waals surface area contributed by atoms with Crippen LogP contribution in [0.1, 0.15) is 39.2 Å². The molecule has 0 saturated carbocycles. The number of aliphatic carboxylic acids is 1. The summed E-state index contributed by atoms with van der Waals surface area (Å²) in [4.78, 5) is 22.6. The maximum Gasteiger partial charge on any atom is 0.407 e. The Bertz CT molecular complexity index is 509. The Kier molecular flexibility index (Phi) is 7.03. The summed E-state index contributed by atoms with van der Waals surface area (Å²) in [6.07, 6.45) is -1.32. The molecule has 0 bridgehead atoms. The minimum absolute atomic E-state index is 0.0582. The van der Waals surface area contributed by atoms with E-state index in [4.69, 9.17) is 9.84 Å². The highest BCUT2D eigenvalue weighted by atomic mass is 16.6. The van der Waals surface area contributed by atoms with Gasteiger partial charge in [0.05, 0.1) is 12.1 Å². The number of alkyl carbamates (subject to hydrolysis) is 1. The third-order valence-corrected chi connectivity index (χ3v) is 3.12. The number of amides is 1. The molecule has 0 aromatic heterocycles. The molecule has 3 N–H and O–H groups in total. The van der Waals surface area contributed by atoms with E-state index in [2.05, 4.69) is 5.32 Å². The van der Waals surface area contributed by atoms with Crippen molar-refractivity contribution in [3.05, 3.63) is 35.9 Å². The van der Waals surface area contributed by atoms with Crippen LogP contribution in [0.2, 0.25) is 0 Å². The minimum Gasteiger partial charge on any atom is -0.481 e. The first kappa shape index (κ1) is 19.0. The molecular formula is C17H25NO5. The van der Waals surface area contributed by atoms with Gasteiger partial charge >= 0.3 is 12.1 Å². The van der Waals surface area contributed by atoms with Crippen LogP contribution in [0.5, 0.6) is 0 Å². The second kappa shape index (κ2) is 8.53. The van der Waals surface area contributed by atoms with Gasteiger partial charge in [-0.15, -0.1) is 0 Å². The first-order valence-corrected chi connectivity index (χ1v) is 7.60. The van der Waals surface area contributed by atoms with Crippen LogP contribution in [0.4, 0.5) is 4.79 Å². The fourth-order valence-electron chi connectivity index (χ4n) is 2.08. The van der Waals surface area contributed by atoms with Crippen molar-refractivity contribution in [2.45, 2.75) is 57.8 Å². The fourth-order valence-corrected chi connectivity index (χ4v) is 2.08. The van der Waals surface area contributed by atoms with Gasteiger partial charge in [-0.25, -0.2) is 4.79 Å². The third kappa shape index (κ3) is 8.21. The van der Waals surface area contributed by atoms with E-state index in [9.17, 15) is 14.7 Å². The number of benzene rings is 1. The molecule has 1 rings (SSSR count). The van der Waals surface area contributed by atoms with Gasteiger partial charge in [-0.05, 0) is 39.2 Å². The summed E-state index contributed by atoms with van der Waals surface area (Å²) in [7, 11) is 0. The number of rotatable bonds is 7. The van der Waals surface area contributed by atoms with Crippen molar-refractivity contribution >= 4 is 12.1 Å². The lowest BCUT2D eigenvalue weighted by molar-refractivity contribution is -0.137. The summed E-state index contributed by atoms with van der Waals surface area (Å²) in [5, 5.41) is 21.6. The van der Waals surface area contributed by atoms with Gasteiger partial charge in [0.15, 0.2) is 0 Å². The zero-order valence-corrected chi connectivity index (χ0v) is 13.8. The number of carbonyl (C=O) groups excluding carboxylic acids is 1. The highest BCUT2D eigenvalue weighted by Gasteiger charge is 2.25. The maximum absolute atomic E-state index is 11.9. The molecule has 0 radical (unpaired) electrons. The highest BCUT2D eigenvalue weighted by molar-refractivity contribution is 5.68. The van der Waals surface area contributed by atoms with Crippen molar-refractivity contribution in [2.75, 3.05) is 0 Å². The molecule has 1 unspecified atom stereocenters. The largest absolute Gasteiger partial charge is 0.481 e. The van der Waals surface area contributed by atoms with Crippen molar-refractivity contribution in [1.82, 2.24) is 5.32 Å². The predicted octanol–water partition coefficient (Wildman–Crippen LogP) is 2.35. The van der Waals surface area contributed by atoms with Gasteiger partial charge in [-0.3, -0.25) is 4.79 Å². The molecule has 1 aromatic carbocycles. The van der Waals surface area contributed by atoms with Gasteiger partial charge in [-0.2, -0.15) is 0 Å². The molecule has 0 spiro atoms. The Hall–Kier alpha value is -2.08. The van der Waals surface area contributed by atoms with E-state index in [0.717, 1.165) is 5.56 Å².